The predicted octanol–water partition coefficient (Wildman–Crippen LogP) is 3.41. The Morgan fingerprint density at radius 3 is 2.50 bits per heavy atom. The van der Waals surface area contributed by atoms with Crippen molar-refractivity contribution in [2.75, 3.05) is 24.7 Å². The van der Waals surface area contributed by atoms with Crippen LogP contribution in [-0.2, 0) is 14.6 Å². The number of sulfone groups is 1. The number of ether oxygens (including phenoxy) is 2. The summed E-state index contributed by atoms with van der Waals surface area (Å²) in [5, 5.41) is 12.5. The Balaban J connectivity index is 1.70. The average molecular weight is 492 g/mol. The summed E-state index contributed by atoms with van der Waals surface area (Å²) >= 11 is 0. The van der Waals surface area contributed by atoms with Crippen molar-refractivity contribution in [3.8, 4) is 11.9 Å². The van der Waals surface area contributed by atoms with Crippen LogP contribution >= 0.6 is 0 Å². The molecule has 1 aliphatic rings. The molecule has 1 amide bonds. The van der Waals surface area contributed by atoms with E-state index in [4.69, 9.17) is 9.47 Å². The Morgan fingerprint density at radius 1 is 1.26 bits per heavy atom. The highest BCUT2D eigenvalue weighted by atomic mass is 32.2. The number of carbonyl (C=O) groups excluding carboxylic acids is 1. The highest BCUT2D eigenvalue weighted by Gasteiger charge is 2.28. The van der Waals surface area contributed by atoms with E-state index in [0.29, 0.717) is 25.9 Å². The van der Waals surface area contributed by atoms with E-state index in [9.17, 15) is 22.9 Å². The number of nitriles is 1. The van der Waals surface area contributed by atoms with Gasteiger partial charge in [-0.25, -0.2) is 27.6 Å². The van der Waals surface area contributed by atoms with Gasteiger partial charge in [0.25, 0.3) is 0 Å². The van der Waals surface area contributed by atoms with Gasteiger partial charge in [-0.3, -0.25) is 0 Å². The number of hydrogen-bond donors (Lipinski definition) is 1. The van der Waals surface area contributed by atoms with Gasteiger partial charge in [0.1, 0.15) is 34.8 Å². The first-order valence-corrected chi connectivity index (χ1v) is 12.4. The third-order valence-electron chi connectivity index (χ3n) is 4.89. The first-order valence-electron chi connectivity index (χ1n) is 10.5. The standard InChI is InChI=1S/C22H26FN5O5S/c1-22(2,3)33-21(29)28-9-7-15(8-10-28)32-20-16(12-24)19(25-13-26-20)27-14-5-6-18(17(23)11-14)34(4,30)31/h5-6,11,13,15H,7-10H2,1-4H3,(H,25,26,27). The van der Waals surface area contributed by atoms with Gasteiger partial charge in [-0.1, -0.05) is 0 Å². The van der Waals surface area contributed by atoms with Gasteiger partial charge >= 0.3 is 6.09 Å². The quantitative estimate of drug-likeness (QED) is 0.667. The number of likely N-dealkylation sites (tertiary alicyclic amines) is 1. The molecule has 0 bridgehead atoms. The molecule has 1 aliphatic heterocycles. The summed E-state index contributed by atoms with van der Waals surface area (Å²) in [6, 6.07) is 5.50. The van der Waals surface area contributed by atoms with Crippen LogP contribution in [0.5, 0.6) is 5.88 Å². The highest BCUT2D eigenvalue weighted by Crippen LogP contribution is 2.28. The molecule has 1 aromatic carbocycles. The van der Waals surface area contributed by atoms with Crippen LogP contribution in [-0.4, -0.2) is 60.4 Å². The summed E-state index contributed by atoms with van der Waals surface area (Å²) in [6.07, 6.45) is 2.50. The summed E-state index contributed by atoms with van der Waals surface area (Å²) in [5.74, 6) is -0.776. The van der Waals surface area contributed by atoms with E-state index >= 15 is 0 Å². The zero-order chi connectivity index (χ0) is 25.1. The lowest BCUT2D eigenvalue weighted by Gasteiger charge is -2.33. The number of amides is 1. The number of aromatic nitrogens is 2. The van der Waals surface area contributed by atoms with Crippen molar-refractivity contribution in [2.45, 2.75) is 50.2 Å². The second kappa shape index (κ2) is 9.80. The van der Waals surface area contributed by atoms with Crippen LogP contribution in [0.2, 0.25) is 0 Å². The fraction of sp³-hybridized carbons (Fsp3) is 0.455. The molecule has 1 saturated heterocycles. The molecule has 12 heteroatoms. The third kappa shape index (κ3) is 6.32. The Bertz CT molecular complexity index is 1220. The van der Waals surface area contributed by atoms with Crippen molar-refractivity contribution in [1.29, 1.82) is 5.26 Å². The average Bonchev–Trinajstić information content (AvgIpc) is 2.72. The Kier molecular flexibility index (Phi) is 7.26. The lowest BCUT2D eigenvalue weighted by molar-refractivity contribution is 0.0122. The minimum Gasteiger partial charge on any atom is -0.473 e. The molecule has 34 heavy (non-hydrogen) atoms. The molecular formula is C22H26FN5O5S. The van der Waals surface area contributed by atoms with Crippen molar-refractivity contribution >= 4 is 27.4 Å². The summed E-state index contributed by atoms with van der Waals surface area (Å²) in [5.41, 5.74) is -0.355. The van der Waals surface area contributed by atoms with Crippen LogP contribution < -0.4 is 10.1 Å². The van der Waals surface area contributed by atoms with Gasteiger partial charge in [-0.2, -0.15) is 5.26 Å². The summed E-state index contributed by atoms with van der Waals surface area (Å²) < 4.78 is 48.7. The first-order chi connectivity index (χ1) is 15.9. The second-order valence-corrected chi connectivity index (χ2v) is 10.8. The number of carbonyl (C=O) groups is 1. The van der Waals surface area contributed by atoms with Gasteiger partial charge in [-0.05, 0) is 39.0 Å². The Hall–Kier alpha value is -3.46. The first kappa shape index (κ1) is 25.2. The van der Waals surface area contributed by atoms with Crippen molar-refractivity contribution < 1.29 is 27.1 Å². The van der Waals surface area contributed by atoms with Crippen LogP contribution in [0.15, 0.2) is 29.4 Å². The van der Waals surface area contributed by atoms with Gasteiger partial charge in [0.2, 0.25) is 5.88 Å². The lowest BCUT2D eigenvalue weighted by atomic mass is 10.1. The van der Waals surface area contributed by atoms with E-state index in [0.717, 1.165) is 18.4 Å². The number of nitrogens with one attached hydrogen (secondary N) is 1. The summed E-state index contributed by atoms with van der Waals surface area (Å²) in [4.78, 5) is 21.5. The molecule has 10 nitrogen and oxygen atoms in total. The summed E-state index contributed by atoms with van der Waals surface area (Å²) in [6.45, 7) is 6.28. The molecule has 3 rings (SSSR count). The number of piperidine rings is 1. The number of nitrogens with zero attached hydrogens (tertiary/aromatic N) is 4. The maximum atomic E-state index is 14.2. The molecule has 0 saturated carbocycles. The van der Waals surface area contributed by atoms with Crippen LogP contribution in [0.1, 0.15) is 39.2 Å². The molecule has 1 N–H and O–H groups in total. The number of hydrogen-bond acceptors (Lipinski definition) is 9. The zero-order valence-electron chi connectivity index (χ0n) is 19.3. The van der Waals surface area contributed by atoms with Crippen molar-refractivity contribution in [2.24, 2.45) is 0 Å². The lowest BCUT2D eigenvalue weighted by Crippen LogP contribution is -2.44. The fourth-order valence-electron chi connectivity index (χ4n) is 3.31. The largest absolute Gasteiger partial charge is 0.473 e. The van der Waals surface area contributed by atoms with E-state index < -0.39 is 26.2 Å². The molecule has 182 valence electrons. The topological polar surface area (TPSA) is 135 Å². The normalized spacial score (nSPS) is 14.9. The van der Waals surface area contributed by atoms with Gasteiger partial charge < -0.3 is 19.7 Å². The highest BCUT2D eigenvalue weighted by molar-refractivity contribution is 7.90. The van der Waals surface area contributed by atoms with Crippen LogP contribution in [0, 0.1) is 17.1 Å². The predicted molar refractivity (Wildman–Crippen MR) is 121 cm³/mol. The monoisotopic (exact) mass is 491 g/mol. The van der Waals surface area contributed by atoms with Crippen LogP contribution in [0.3, 0.4) is 0 Å². The summed E-state index contributed by atoms with van der Waals surface area (Å²) in [7, 11) is -3.71. The zero-order valence-corrected chi connectivity index (χ0v) is 20.1. The maximum absolute atomic E-state index is 14.2. The third-order valence-corrected chi connectivity index (χ3v) is 6.02. The van der Waals surface area contributed by atoms with Crippen LogP contribution in [0.25, 0.3) is 0 Å². The molecule has 0 atom stereocenters. The van der Waals surface area contributed by atoms with Gasteiger partial charge in [-0.15, -0.1) is 0 Å². The van der Waals surface area contributed by atoms with E-state index in [1.165, 1.54) is 12.4 Å². The number of halogens is 1. The molecule has 1 fully saturated rings. The minimum absolute atomic E-state index is 0.0182. The molecule has 2 heterocycles. The molecule has 0 radical (unpaired) electrons. The number of rotatable bonds is 5. The van der Waals surface area contributed by atoms with E-state index in [-0.39, 0.29) is 35.1 Å². The SMILES string of the molecule is CC(C)(C)OC(=O)N1CCC(Oc2ncnc(Nc3ccc(S(C)(=O)=O)c(F)c3)c2C#N)CC1. The Morgan fingerprint density at radius 2 is 1.94 bits per heavy atom. The molecule has 0 unspecified atom stereocenters. The maximum Gasteiger partial charge on any atom is 0.410 e. The molecule has 0 aliphatic carbocycles. The van der Waals surface area contributed by atoms with Gasteiger partial charge in [0, 0.05) is 37.9 Å². The minimum atomic E-state index is -3.71. The molecule has 0 spiro atoms. The van der Waals surface area contributed by atoms with Crippen molar-refractivity contribution in [3.05, 3.63) is 35.9 Å². The number of benzene rings is 1. The van der Waals surface area contributed by atoms with E-state index in [1.807, 2.05) is 6.07 Å². The van der Waals surface area contributed by atoms with Crippen LogP contribution in [0.4, 0.5) is 20.7 Å². The van der Waals surface area contributed by atoms with Crippen molar-refractivity contribution in [3.63, 3.8) is 0 Å². The van der Waals surface area contributed by atoms with Crippen molar-refractivity contribution in [1.82, 2.24) is 14.9 Å². The van der Waals surface area contributed by atoms with E-state index in [1.54, 1.807) is 25.7 Å². The smallest absolute Gasteiger partial charge is 0.410 e. The van der Waals surface area contributed by atoms with Gasteiger partial charge in [0.15, 0.2) is 21.2 Å². The second-order valence-electron chi connectivity index (χ2n) is 8.84. The molecular weight excluding hydrogens is 465 g/mol. The van der Waals surface area contributed by atoms with E-state index in [2.05, 4.69) is 15.3 Å². The molecule has 1 aromatic heterocycles. The fourth-order valence-corrected chi connectivity index (χ4v) is 4.04. The molecule has 2 aromatic rings. The Labute approximate surface area is 197 Å². The van der Waals surface area contributed by atoms with Gasteiger partial charge in [0.05, 0.1) is 0 Å². The number of anilines is 2.